The number of benzene rings is 1. The largest absolute Gasteiger partial charge is 0.380 e. The van der Waals surface area contributed by atoms with Gasteiger partial charge in [-0.15, -0.1) is 0 Å². The third kappa shape index (κ3) is 3.53. The number of pyridine rings is 1. The molecule has 1 aromatic heterocycles. The zero-order valence-electron chi connectivity index (χ0n) is 10.7. The fourth-order valence-corrected chi connectivity index (χ4v) is 1.87. The van der Waals surface area contributed by atoms with Gasteiger partial charge in [0.2, 0.25) is 0 Å². The second-order valence-corrected chi connectivity index (χ2v) is 4.44. The summed E-state index contributed by atoms with van der Waals surface area (Å²) in [5.41, 5.74) is 1.47. The second-order valence-electron chi connectivity index (χ2n) is 4.08. The van der Waals surface area contributed by atoms with E-state index in [1.54, 1.807) is 25.3 Å². The van der Waals surface area contributed by atoms with Gasteiger partial charge < -0.3 is 10.1 Å². The maximum absolute atomic E-state index is 13.1. The number of carbonyl (C=O) groups excluding carboxylic acids is 1. The Bertz CT molecular complexity index is 634. The van der Waals surface area contributed by atoms with Crippen LogP contribution in [0.3, 0.4) is 0 Å². The van der Waals surface area contributed by atoms with Gasteiger partial charge in [0, 0.05) is 12.8 Å². The highest BCUT2D eigenvalue weighted by Gasteiger charge is 2.13. The standard InChI is InChI=1S/C14H12ClFN2O2/c1-20-8-9-3-2-4-11(5-9)18-14(19)12-6-10(16)7-17-13(12)15/h2-7H,8H2,1H3,(H,18,19). The molecular formula is C14H12ClFN2O2. The molecule has 0 fully saturated rings. The lowest BCUT2D eigenvalue weighted by molar-refractivity contribution is 0.102. The molecule has 0 aliphatic heterocycles. The van der Waals surface area contributed by atoms with E-state index in [1.165, 1.54) is 0 Å². The van der Waals surface area contributed by atoms with E-state index in [0.717, 1.165) is 17.8 Å². The number of nitrogens with zero attached hydrogens (tertiary/aromatic N) is 1. The summed E-state index contributed by atoms with van der Waals surface area (Å²) in [5.74, 6) is -1.13. The molecule has 0 saturated carbocycles. The normalized spacial score (nSPS) is 10.3. The van der Waals surface area contributed by atoms with Crippen LogP contribution in [0.2, 0.25) is 5.15 Å². The van der Waals surface area contributed by atoms with Gasteiger partial charge in [-0.1, -0.05) is 23.7 Å². The fraction of sp³-hybridized carbons (Fsp3) is 0.143. The van der Waals surface area contributed by atoms with Crippen molar-refractivity contribution in [3.05, 3.63) is 58.6 Å². The maximum Gasteiger partial charge on any atom is 0.258 e. The zero-order valence-corrected chi connectivity index (χ0v) is 11.4. The molecule has 2 rings (SSSR count). The molecule has 0 saturated heterocycles. The van der Waals surface area contributed by atoms with Crippen LogP contribution in [0.5, 0.6) is 0 Å². The van der Waals surface area contributed by atoms with Gasteiger partial charge in [0.25, 0.3) is 5.91 Å². The lowest BCUT2D eigenvalue weighted by Gasteiger charge is -2.08. The van der Waals surface area contributed by atoms with Crippen LogP contribution in [0.4, 0.5) is 10.1 Å². The number of amides is 1. The molecule has 0 radical (unpaired) electrons. The van der Waals surface area contributed by atoms with Gasteiger partial charge in [-0.05, 0) is 23.8 Å². The van der Waals surface area contributed by atoms with Crippen LogP contribution in [-0.2, 0) is 11.3 Å². The molecule has 1 N–H and O–H groups in total. The van der Waals surface area contributed by atoms with Crippen LogP contribution < -0.4 is 5.32 Å². The van der Waals surface area contributed by atoms with Crippen LogP contribution in [0.15, 0.2) is 36.5 Å². The summed E-state index contributed by atoms with van der Waals surface area (Å²) in [7, 11) is 1.59. The van der Waals surface area contributed by atoms with Crippen molar-refractivity contribution in [3.63, 3.8) is 0 Å². The predicted octanol–water partition coefficient (Wildman–Crippen LogP) is 3.27. The summed E-state index contributed by atoms with van der Waals surface area (Å²) in [6.45, 7) is 0.436. The molecule has 0 bridgehead atoms. The molecule has 1 amide bonds. The lowest BCUT2D eigenvalue weighted by atomic mass is 10.2. The number of rotatable bonds is 4. The minimum atomic E-state index is -0.618. The highest BCUT2D eigenvalue weighted by Crippen LogP contribution is 2.17. The van der Waals surface area contributed by atoms with Crippen LogP contribution >= 0.6 is 11.6 Å². The summed E-state index contributed by atoms with van der Waals surface area (Å²) in [5, 5.41) is 2.59. The second kappa shape index (κ2) is 6.45. The third-order valence-corrected chi connectivity index (χ3v) is 2.85. The Kier molecular flexibility index (Phi) is 4.65. The molecule has 1 aromatic carbocycles. The summed E-state index contributed by atoms with van der Waals surface area (Å²) >= 11 is 5.78. The lowest BCUT2D eigenvalue weighted by Crippen LogP contribution is -2.13. The number of halogens is 2. The van der Waals surface area contributed by atoms with E-state index < -0.39 is 11.7 Å². The first-order valence-electron chi connectivity index (χ1n) is 5.80. The average molecular weight is 295 g/mol. The van der Waals surface area contributed by atoms with Gasteiger partial charge in [0.1, 0.15) is 11.0 Å². The van der Waals surface area contributed by atoms with Crippen molar-refractivity contribution in [3.8, 4) is 0 Å². The van der Waals surface area contributed by atoms with Gasteiger partial charge in [-0.3, -0.25) is 4.79 Å². The Hall–Kier alpha value is -1.98. The van der Waals surface area contributed by atoms with Crippen molar-refractivity contribution in [2.45, 2.75) is 6.61 Å². The number of ether oxygens (including phenoxy) is 1. The monoisotopic (exact) mass is 294 g/mol. The van der Waals surface area contributed by atoms with Crippen LogP contribution in [0, 0.1) is 5.82 Å². The highest BCUT2D eigenvalue weighted by atomic mass is 35.5. The zero-order chi connectivity index (χ0) is 14.5. The van der Waals surface area contributed by atoms with Crippen molar-refractivity contribution >= 4 is 23.2 Å². The van der Waals surface area contributed by atoms with Crippen molar-refractivity contribution in [1.29, 1.82) is 0 Å². The van der Waals surface area contributed by atoms with Crippen molar-refractivity contribution in [1.82, 2.24) is 4.98 Å². The topological polar surface area (TPSA) is 51.2 Å². The first-order chi connectivity index (χ1) is 9.60. The number of methoxy groups -OCH3 is 1. The van der Waals surface area contributed by atoms with Crippen LogP contribution in [0.1, 0.15) is 15.9 Å². The maximum atomic E-state index is 13.1. The van der Waals surface area contributed by atoms with Gasteiger partial charge in [-0.25, -0.2) is 9.37 Å². The van der Waals surface area contributed by atoms with E-state index in [9.17, 15) is 9.18 Å². The molecule has 20 heavy (non-hydrogen) atoms. The number of hydrogen-bond donors (Lipinski definition) is 1. The fourth-order valence-electron chi connectivity index (χ4n) is 1.69. The Labute approximate surface area is 120 Å². The first kappa shape index (κ1) is 14.4. The van der Waals surface area contributed by atoms with E-state index in [1.807, 2.05) is 6.07 Å². The third-order valence-electron chi connectivity index (χ3n) is 2.55. The SMILES string of the molecule is COCc1cccc(NC(=O)c2cc(F)cnc2Cl)c1. The minimum Gasteiger partial charge on any atom is -0.380 e. The number of nitrogens with one attached hydrogen (secondary N) is 1. The molecule has 104 valence electrons. The summed E-state index contributed by atoms with van der Waals surface area (Å²) in [6, 6.07) is 8.19. The van der Waals surface area contributed by atoms with Gasteiger partial charge in [0.15, 0.2) is 0 Å². The highest BCUT2D eigenvalue weighted by molar-refractivity contribution is 6.33. The van der Waals surface area contributed by atoms with Crippen LogP contribution in [0.25, 0.3) is 0 Å². The summed E-state index contributed by atoms with van der Waals surface area (Å²) < 4.78 is 18.1. The molecular weight excluding hydrogens is 283 g/mol. The van der Waals surface area contributed by atoms with Crippen LogP contribution in [-0.4, -0.2) is 18.0 Å². The van der Waals surface area contributed by atoms with Crippen molar-refractivity contribution in [2.24, 2.45) is 0 Å². The van der Waals surface area contributed by atoms with E-state index in [0.29, 0.717) is 12.3 Å². The van der Waals surface area contributed by atoms with E-state index >= 15 is 0 Å². The quantitative estimate of drug-likeness (QED) is 0.881. The van der Waals surface area contributed by atoms with Gasteiger partial charge >= 0.3 is 0 Å². The molecule has 0 aliphatic rings. The van der Waals surface area contributed by atoms with E-state index in [2.05, 4.69) is 10.3 Å². The molecule has 0 aliphatic carbocycles. The molecule has 0 spiro atoms. The van der Waals surface area contributed by atoms with Crippen molar-refractivity contribution < 1.29 is 13.9 Å². The Morgan fingerprint density at radius 1 is 1.45 bits per heavy atom. The Morgan fingerprint density at radius 2 is 2.25 bits per heavy atom. The van der Waals surface area contributed by atoms with E-state index in [-0.39, 0.29) is 10.7 Å². The molecule has 4 nitrogen and oxygen atoms in total. The van der Waals surface area contributed by atoms with Gasteiger partial charge in [-0.2, -0.15) is 0 Å². The molecule has 2 aromatic rings. The number of hydrogen-bond acceptors (Lipinski definition) is 3. The molecule has 0 atom stereocenters. The Balaban J connectivity index is 2.19. The number of aromatic nitrogens is 1. The van der Waals surface area contributed by atoms with Gasteiger partial charge in [0.05, 0.1) is 18.4 Å². The number of anilines is 1. The smallest absolute Gasteiger partial charge is 0.258 e. The Morgan fingerprint density at radius 3 is 3.00 bits per heavy atom. The van der Waals surface area contributed by atoms with Crippen molar-refractivity contribution in [2.75, 3.05) is 12.4 Å². The average Bonchev–Trinajstić information content (AvgIpc) is 2.42. The number of carbonyl (C=O) groups is 1. The first-order valence-corrected chi connectivity index (χ1v) is 6.18. The molecule has 1 heterocycles. The minimum absolute atomic E-state index is 0.0104. The molecule has 0 unspecified atom stereocenters. The summed E-state index contributed by atoms with van der Waals surface area (Å²) in [4.78, 5) is 15.6. The predicted molar refractivity (Wildman–Crippen MR) is 74.3 cm³/mol. The molecule has 6 heteroatoms. The summed E-state index contributed by atoms with van der Waals surface area (Å²) in [6.07, 6.45) is 0.957. The van der Waals surface area contributed by atoms with E-state index in [4.69, 9.17) is 16.3 Å².